The summed E-state index contributed by atoms with van der Waals surface area (Å²) in [5.41, 5.74) is 11.9. The normalized spacial score (nSPS) is 16.4. The van der Waals surface area contributed by atoms with Gasteiger partial charge in [0.25, 0.3) is 0 Å². The summed E-state index contributed by atoms with van der Waals surface area (Å²) in [7, 11) is 0. The Hall–Kier alpha value is -3.36. The van der Waals surface area contributed by atoms with Crippen LogP contribution in [0.3, 0.4) is 0 Å². The number of aryl methyl sites for hydroxylation is 3. The Labute approximate surface area is 227 Å². The first-order chi connectivity index (χ1) is 18.5. The fraction of sp³-hybridized carbons (Fsp3) is 0.333. The summed E-state index contributed by atoms with van der Waals surface area (Å²) < 4.78 is 11.8. The molecule has 0 saturated carbocycles. The third-order valence-corrected chi connectivity index (χ3v) is 8.97. The van der Waals surface area contributed by atoms with Gasteiger partial charge in [0.15, 0.2) is 0 Å². The highest BCUT2D eigenvalue weighted by atomic mass is 16.5. The Morgan fingerprint density at radius 1 is 0.684 bits per heavy atom. The summed E-state index contributed by atoms with van der Waals surface area (Å²) in [6, 6.07) is 32.3. The first-order valence-electron chi connectivity index (χ1n) is 14.2. The van der Waals surface area contributed by atoms with Crippen molar-refractivity contribution >= 4 is 0 Å². The minimum atomic E-state index is -0.375. The van der Waals surface area contributed by atoms with E-state index in [1.165, 1.54) is 50.1 Å². The van der Waals surface area contributed by atoms with Crippen LogP contribution in [0.2, 0.25) is 0 Å². The van der Waals surface area contributed by atoms with Crippen molar-refractivity contribution in [2.24, 2.45) is 5.41 Å². The van der Waals surface area contributed by atoms with Crippen LogP contribution >= 0.6 is 0 Å². The van der Waals surface area contributed by atoms with Gasteiger partial charge in [-0.1, -0.05) is 99.1 Å². The quantitative estimate of drug-likeness (QED) is 0.212. The molecule has 1 fully saturated rings. The number of ether oxygens (including phenoxy) is 2. The molecule has 2 heteroatoms. The Balaban J connectivity index is 1.54. The zero-order chi connectivity index (χ0) is 26.3. The van der Waals surface area contributed by atoms with E-state index >= 15 is 0 Å². The van der Waals surface area contributed by atoms with Gasteiger partial charge in [-0.25, -0.2) is 0 Å². The largest absolute Gasteiger partial charge is 0.493 e. The predicted molar refractivity (Wildman–Crippen MR) is 156 cm³/mol. The Kier molecular flexibility index (Phi) is 6.40. The topological polar surface area (TPSA) is 18.5 Å². The summed E-state index contributed by atoms with van der Waals surface area (Å²) in [6.45, 7) is 11.2. The second-order valence-corrected chi connectivity index (χ2v) is 11.2. The molecule has 38 heavy (non-hydrogen) atoms. The Bertz CT molecular complexity index is 1380. The third-order valence-electron chi connectivity index (χ3n) is 8.97. The van der Waals surface area contributed by atoms with Crippen molar-refractivity contribution in [2.75, 3.05) is 19.8 Å². The molecule has 0 spiro atoms. The van der Waals surface area contributed by atoms with Gasteiger partial charge < -0.3 is 9.47 Å². The monoisotopic (exact) mass is 502 g/mol. The standard InChI is InChI=1S/C36H38O2/c1-5-26-10-18-31-32-19-11-27(6-2)21-34(32)36(33(31)20-26,28-12-8-25(4)9-13-28)29-14-16-30(17-15-29)38-24-35(7-3)22-37-23-35/h8-21H,5-7,22-24H2,1-4H3. The first-order valence-corrected chi connectivity index (χ1v) is 14.2. The molecule has 1 aliphatic heterocycles. The summed E-state index contributed by atoms with van der Waals surface area (Å²) in [5, 5.41) is 0. The lowest BCUT2D eigenvalue weighted by Gasteiger charge is -2.40. The van der Waals surface area contributed by atoms with Gasteiger partial charge in [-0.2, -0.15) is 0 Å². The maximum Gasteiger partial charge on any atom is 0.119 e. The fourth-order valence-electron chi connectivity index (χ4n) is 6.27. The lowest BCUT2D eigenvalue weighted by atomic mass is 9.67. The second-order valence-electron chi connectivity index (χ2n) is 11.2. The van der Waals surface area contributed by atoms with Crippen molar-refractivity contribution in [3.63, 3.8) is 0 Å². The Morgan fingerprint density at radius 2 is 1.21 bits per heavy atom. The van der Waals surface area contributed by atoms with E-state index in [9.17, 15) is 0 Å². The second kappa shape index (κ2) is 9.75. The van der Waals surface area contributed by atoms with Gasteiger partial charge in [0.2, 0.25) is 0 Å². The van der Waals surface area contributed by atoms with Crippen LogP contribution in [-0.4, -0.2) is 19.8 Å². The van der Waals surface area contributed by atoms with Crippen molar-refractivity contribution in [2.45, 2.75) is 52.4 Å². The molecule has 4 aromatic carbocycles. The molecule has 1 heterocycles. The van der Waals surface area contributed by atoms with Gasteiger partial charge in [0, 0.05) is 0 Å². The lowest BCUT2D eigenvalue weighted by molar-refractivity contribution is -0.133. The number of benzene rings is 4. The van der Waals surface area contributed by atoms with E-state index in [4.69, 9.17) is 9.47 Å². The minimum Gasteiger partial charge on any atom is -0.493 e. The van der Waals surface area contributed by atoms with Crippen LogP contribution in [-0.2, 0) is 23.0 Å². The molecule has 2 aliphatic rings. The summed E-state index contributed by atoms with van der Waals surface area (Å²) in [4.78, 5) is 0. The van der Waals surface area contributed by atoms with Crippen molar-refractivity contribution in [3.8, 4) is 16.9 Å². The molecular weight excluding hydrogens is 464 g/mol. The molecule has 0 radical (unpaired) electrons. The number of hydrogen-bond donors (Lipinski definition) is 0. The number of rotatable bonds is 8. The van der Waals surface area contributed by atoms with E-state index in [1.54, 1.807) is 0 Å². The molecular formula is C36H38O2. The van der Waals surface area contributed by atoms with E-state index in [2.05, 4.69) is 113 Å². The molecule has 0 aromatic heterocycles. The SMILES string of the molecule is CCc1ccc2c(c1)C(c1ccc(C)cc1)(c1ccc(OCC3(CC)COC3)cc1)c1cc(CC)ccc1-2. The smallest absolute Gasteiger partial charge is 0.119 e. The highest BCUT2D eigenvalue weighted by Crippen LogP contribution is 2.56. The van der Waals surface area contributed by atoms with Gasteiger partial charge in [0.05, 0.1) is 30.7 Å². The van der Waals surface area contributed by atoms with E-state index in [-0.39, 0.29) is 10.8 Å². The maximum atomic E-state index is 6.31. The zero-order valence-corrected chi connectivity index (χ0v) is 23.1. The minimum absolute atomic E-state index is 0.165. The molecule has 194 valence electrons. The highest BCUT2D eigenvalue weighted by Gasteiger charge is 2.46. The molecule has 0 amide bonds. The first kappa shape index (κ1) is 24.9. The molecule has 6 rings (SSSR count). The van der Waals surface area contributed by atoms with Crippen molar-refractivity contribution in [1.29, 1.82) is 0 Å². The molecule has 0 unspecified atom stereocenters. The zero-order valence-electron chi connectivity index (χ0n) is 23.1. The van der Waals surface area contributed by atoms with Gasteiger partial charge in [0.1, 0.15) is 5.75 Å². The molecule has 1 saturated heterocycles. The van der Waals surface area contributed by atoms with E-state index in [0.717, 1.165) is 38.2 Å². The number of fused-ring (bicyclic) bond motifs is 3. The summed E-state index contributed by atoms with van der Waals surface area (Å²) >= 11 is 0. The van der Waals surface area contributed by atoms with Gasteiger partial charge >= 0.3 is 0 Å². The maximum absolute atomic E-state index is 6.31. The molecule has 4 aromatic rings. The van der Waals surface area contributed by atoms with Crippen LogP contribution < -0.4 is 4.74 Å². The van der Waals surface area contributed by atoms with Crippen LogP contribution in [0.5, 0.6) is 5.75 Å². The van der Waals surface area contributed by atoms with Crippen LogP contribution in [0.1, 0.15) is 66.1 Å². The molecule has 1 aliphatic carbocycles. The van der Waals surface area contributed by atoms with Gasteiger partial charge in [-0.05, 0) is 82.8 Å². The van der Waals surface area contributed by atoms with Crippen molar-refractivity contribution in [1.82, 2.24) is 0 Å². The van der Waals surface area contributed by atoms with Gasteiger partial charge in [-0.3, -0.25) is 0 Å². The Morgan fingerprint density at radius 3 is 1.66 bits per heavy atom. The van der Waals surface area contributed by atoms with Crippen LogP contribution in [0.25, 0.3) is 11.1 Å². The average Bonchev–Trinajstić information content (AvgIpc) is 3.23. The number of hydrogen-bond acceptors (Lipinski definition) is 2. The lowest BCUT2D eigenvalue weighted by Crippen LogP contribution is -2.46. The predicted octanol–water partition coefficient (Wildman–Crippen LogP) is 8.29. The summed E-state index contributed by atoms with van der Waals surface area (Å²) in [6.07, 6.45) is 3.11. The van der Waals surface area contributed by atoms with Crippen LogP contribution in [0, 0.1) is 12.3 Å². The summed E-state index contributed by atoms with van der Waals surface area (Å²) in [5.74, 6) is 0.926. The molecule has 0 atom stereocenters. The van der Waals surface area contributed by atoms with Gasteiger partial charge in [-0.15, -0.1) is 0 Å². The molecule has 2 nitrogen and oxygen atoms in total. The van der Waals surface area contributed by atoms with E-state index < -0.39 is 0 Å². The van der Waals surface area contributed by atoms with Crippen LogP contribution in [0.15, 0.2) is 84.9 Å². The van der Waals surface area contributed by atoms with Crippen molar-refractivity contribution < 1.29 is 9.47 Å². The van der Waals surface area contributed by atoms with Crippen molar-refractivity contribution in [3.05, 3.63) is 124 Å². The highest BCUT2D eigenvalue weighted by molar-refractivity contribution is 5.86. The van der Waals surface area contributed by atoms with E-state index in [0.29, 0.717) is 6.61 Å². The fourth-order valence-corrected chi connectivity index (χ4v) is 6.27. The van der Waals surface area contributed by atoms with E-state index in [1.807, 2.05) is 0 Å². The molecule has 0 bridgehead atoms. The molecule has 0 N–H and O–H groups in total. The third kappa shape index (κ3) is 3.89. The average molecular weight is 503 g/mol. The van der Waals surface area contributed by atoms with Crippen LogP contribution in [0.4, 0.5) is 0 Å².